The molecule has 1 aliphatic rings. The number of nitrogens with zero attached hydrogens (tertiary/aromatic N) is 1. The Bertz CT molecular complexity index is 318. The number of aliphatic hydroxyl groups is 1. The normalized spacial score (nSPS) is 18.3. The molecule has 2 atom stereocenters. The van der Waals surface area contributed by atoms with Crippen molar-refractivity contribution < 1.29 is 14.7 Å². The molecule has 1 fully saturated rings. The van der Waals surface area contributed by atoms with Crippen molar-refractivity contribution in [2.24, 2.45) is 11.7 Å². The van der Waals surface area contributed by atoms with Crippen LogP contribution in [0, 0.1) is 5.92 Å². The SMILES string of the molecule is CCC(C)C(NC(N)=O)C(=O)N(CCO)C1CCC1. The molecule has 6 heteroatoms. The van der Waals surface area contributed by atoms with E-state index in [1.807, 2.05) is 13.8 Å². The molecule has 0 aromatic heterocycles. The Morgan fingerprint density at radius 2 is 2.11 bits per heavy atom. The van der Waals surface area contributed by atoms with Gasteiger partial charge < -0.3 is 21.1 Å². The summed E-state index contributed by atoms with van der Waals surface area (Å²) in [6.45, 7) is 4.13. The lowest BCUT2D eigenvalue weighted by Crippen LogP contribution is -2.57. The van der Waals surface area contributed by atoms with Gasteiger partial charge in [-0.3, -0.25) is 4.79 Å². The van der Waals surface area contributed by atoms with Gasteiger partial charge in [-0.05, 0) is 25.2 Å². The van der Waals surface area contributed by atoms with Crippen LogP contribution in [0.4, 0.5) is 4.79 Å². The fraction of sp³-hybridized carbons (Fsp3) is 0.846. The Morgan fingerprint density at radius 3 is 2.47 bits per heavy atom. The topological polar surface area (TPSA) is 95.7 Å². The Kier molecular flexibility index (Phi) is 6.08. The van der Waals surface area contributed by atoms with Crippen molar-refractivity contribution >= 4 is 11.9 Å². The molecule has 1 saturated carbocycles. The van der Waals surface area contributed by atoms with Crippen LogP contribution in [0.3, 0.4) is 0 Å². The minimum absolute atomic E-state index is 0.0151. The number of urea groups is 1. The number of hydrogen-bond acceptors (Lipinski definition) is 3. The third-order valence-corrected chi connectivity index (χ3v) is 3.92. The summed E-state index contributed by atoms with van der Waals surface area (Å²) in [6, 6.07) is -1.09. The molecule has 0 heterocycles. The average molecular weight is 271 g/mol. The van der Waals surface area contributed by atoms with Crippen LogP contribution < -0.4 is 11.1 Å². The third-order valence-electron chi connectivity index (χ3n) is 3.92. The highest BCUT2D eigenvalue weighted by Crippen LogP contribution is 2.26. The number of primary amides is 1. The van der Waals surface area contributed by atoms with Gasteiger partial charge in [-0.15, -0.1) is 0 Å². The molecule has 0 aliphatic heterocycles. The van der Waals surface area contributed by atoms with Gasteiger partial charge in [-0.2, -0.15) is 0 Å². The summed E-state index contributed by atoms with van der Waals surface area (Å²) < 4.78 is 0. The van der Waals surface area contributed by atoms with Crippen molar-refractivity contribution in [2.75, 3.05) is 13.2 Å². The monoisotopic (exact) mass is 271 g/mol. The number of carbonyl (C=O) groups excluding carboxylic acids is 2. The first kappa shape index (κ1) is 15.8. The van der Waals surface area contributed by atoms with Gasteiger partial charge in [0.15, 0.2) is 0 Å². The second-order valence-electron chi connectivity index (χ2n) is 5.21. The number of aliphatic hydroxyl groups excluding tert-OH is 1. The first-order valence-electron chi connectivity index (χ1n) is 6.98. The predicted octanol–water partition coefficient (Wildman–Crippen LogP) is 0.443. The van der Waals surface area contributed by atoms with Gasteiger partial charge in [0.25, 0.3) is 0 Å². The van der Waals surface area contributed by atoms with Gasteiger partial charge in [0.1, 0.15) is 6.04 Å². The minimum atomic E-state index is -0.684. The predicted molar refractivity (Wildman–Crippen MR) is 72.4 cm³/mol. The second-order valence-corrected chi connectivity index (χ2v) is 5.21. The fourth-order valence-corrected chi connectivity index (χ4v) is 2.29. The molecule has 6 nitrogen and oxygen atoms in total. The smallest absolute Gasteiger partial charge is 0.312 e. The lowest BCUT2D eigenvalue weighted by molar-refractivity contribution is -0.139. The van der Waals surface area contributed by atoms with E-state index in [1.54, 1.807) is 4.90 Å². The highest BCUT2D eigenvalue weighted by atomic mass is 16.3. The second kappa shape index (κ2) is 7.33. The molecule has 4 N–H and O–H groups in total. The summed E-state index contributed by atoms with van der Waals surface area (Å²) in [6.07, 6.45) is 3.82. The van der Waals surface area contributed by atoms with Crippen molar-refractivity contribution in [3.05, 3.63) is 0 Å². The molecule has 19 heavy (non-hydrogen) atoms. The highest BCUT2D eigenvalue weighted by molar-refractivity contribution is 5.87. The van der Waals surface area contributed by atoms with E-state index in [0.717, 1.165) is 25.7 Å². The molecular formula is C13H25N3O3. The van der Waals surface area contributed by atoms with Crippen LogP contribution in [0.5, 0.6) is 0 Å². The van der Waals surface area contributed by atoms with Gasteiger partial charge in [-0.25, -0.2) is 4.79 Å². The van der Waals surface area contributed by atoms with Crippen LogP contribution >= 0.6 is 0 Å². The molecule has 0 radical (unpaired) electrons. The van der Waals surface area contributed by atoms with E-state index >= 15 is 0 Å². The van der Waals surface area contributed by atoms with Crippen LogP contribution in [-0.2, 0) is 4.79 Å². The van der Waals surface area contributed by atoms with Gasteiger partial charge in [0, 0.05) is 12.6 Å². The lowest BCUT2D eigenvalue weighted by Gasteiger charge is -2.40. The van der Waals surface area contributed by atoms with Gasteiger partial charge in [-0.1, -0.05) is 20.3 Å². The van der Waals surface area contributed by atoms with E-state index in [9.17, 15) is 9.59 Å². The van der Waals surface area contributed by atoms with E-state index in [4.69, 9.17) is 10.8 Å². The number of hydrogen-bond donors (Lipinski definition) is 3. The van der Waals surface area contributed by atoms with E-state index in [1.165, 1.54) is 0 Å². The standard InChI is InChI=1S/C13H25N3O3/c1-3-9(2)11(15-13(14)19)12(18)16(7-8-17)10-5-4-6-10/h9-11,17H,3-8H2,1-2H3,(H3,14,15,19). The van der Waals surface area contributed by atoms with Gasteiger partial charge in [0.05, 0.1) is 6.61 Å². The zero-order chi connectivity index (χ0) is 14.4. The third kappa shape index (κ3) is 4.09. The number of amides is 3. The maximum absolute atomic E-state index is 12.5. The van der Waals surface area contributed by atoms with Crippen LogP contribution in [-0.4, -0.2) is 47.2 Å². The number of nitrogens with two attached hydrogens (primary N) is 1. The largest absolute Gasteiger partial charge is 0.395 e. The Morgan fingerprint density at radius 1 is 1.47 bits per heavy atom. The van der Waals surface area contributed by atoms with Crippen LogP contribution in [0.15, 0.2) is 0 Å². The molecule has 110 valence electrons. The van der Waals surface area contributed by atoms with Crippen LogP contribution in [0.2, 0.25) is 0 Å². The van der Waals surface area contributed by atoms with E-state index < -0.39 is 12.1 Å². The molecule has 1 rings (SSSR count). The first-order valence-corrected chi connectivity index (χ1v) is 6.98. The molecule has 0 spiro atoms. The highest BCUT2D eigenvalue weighted by Gasteiger charge is 2.35. The molecule has 0 saturated heterocycles. The lowest BCUT2D eigenvalue weighted by atomic mass is 9.89. The molecular weight excluding hydrogens is 246 g/mol. The summed E-state index contributed by atoms with van der Waals surface area (Å²) in [7, 11) is 0. The van der Waals surface area contributed by atoms with E-state index in [-0.39, 0.29) is 24.5 Å². The number of rotatable bonds is 7. The zero-order valence-electron chi connectivity index (χ0n) is 11.8. The Balaban J connectivity index is 2.78. The number of carbonyl (C=O) groups is 2. The van der Waals surface area contributed by atoms with Crippen molar-refractivity contribution in [3.8, 4) is 0 Å². The summed E-state index contributed by atoms with van der Waals surface area (Å²) in [5, 5.41) is 11.6. The summed E-state index contributed by atoms with van der Waals surface area (Å²) in [5.74, 6) is -0.117. The Hall–Kier alpha value is -1.30. The van der Waals surface area contributed by atoms with Crippen molar-refractivity contribution in [1.29, 1.82) is 0 Å². The van der Waals surface area contributed by atoms with E-state index in [2.05, 4.69) is 5.32 Å². The summed E-state index contributed by atoms with van der Waals surface area (Å²) >= 11 is 0. The molecule has 0 aromatic carbocycles. The van der Waals surface area contributed by atoms with Crippen molar-refractivity contribution in [1.82, 2.24) is 10.2 Å². The fourth-order valence-electron chi connectivity index (χ4n) is 2.29. The molecule has 3 amide bonds. The maximum Gasteiger partial charge on any atom is 0.312 e. The molecule has 0 aromatic rings. The summed E-state index contributed by atoms with van der Waals surface area (Å²) in [4.78, 5) is 25.3. The molecule has 1 aliphatic carbocycles. The molecule has 2 unspecified atom stereocenters. The quantitative estimate of drug-likeness (QED) is 0.627. The van der Waals surface area contributed by atoms with E-state index in [0.29, 0.717) is 6.54 Å². The first-order chi connectivity index (χ1) is 9.01. The summed E-state index contributed by atoms with van der Waals surface area (Å²) in [5.41, 5.74) is 5.15. The average Bonchev–Trinajstić information content (AvgIpc) is 2.31. The number of nitrogens with one attached hydrogen (secondary N) is 1. The minimum Gasteiger partial charge on any atom is -0.395 e. The molecule has 0 bridgehead atoms. The van der Waals surface area contributed by atoms with Crippen LogP contribution in [0.25, 0.3) is 0 Å². The van der Waals surface area contributed by atoms with Gasteiger partial charge in [0.2, 0.25) is 5.91 Å². The Labute approximate surface area is 114 Å². The van der Waals surface area contributed by atoms with Crippen LogP contribution in [0.1, 0.15) is 39.5 Å². The maximum atomic E-state index is 12.5. The van der Waals surface area contributed by atoms with Crippen molar-refractivity contribution in [2.45, 2.75) is 51.6 Å². The zero-order valence-corrected chi connectivity index (χ0v) is 11.8. The van der Waals surface area contributed by atoms with Gasteiger partial charge >= 0.3 is 6.03 Å². The van der Waals surface area contributed by atoms with Crippen molar-refractivity contribution in [3.63, 3.8) is 0 Å².